The van der Waals surface area contributed by atoms with Gasteiger partial charge < -0.3 is 15.0 Å². The van der Waals surface area contributed by atoms with Gasteiger partial charge in [-0.05, 0) is 18.6 Å². The summed E-state index contributed by atoms with van der Waals surface area (Å²) in [6.07, 6.45) is 3.94. The Morgan fingerprint density at radius 3 is 2.85 bits per heavy atom. The Morgan fingerprint density at radius 2 is 2.15 bits per heavy atom. The van der Waals surface area contributed by atoms with Crippen molar-refractivity contribution < 1.29 is 9.90 Å². The monoisotopic (exact) mass is 364 g/mol. The van der Waals surface area contributed by atoms with Gasteiger partial charge in [0.15, 0.2) is 11.4 Å². The molecule has 1 fully saturated rings. The van der Waals surface area contributed by atoms with Crippen molar-refractivity contribution in [3.05, 3.63) is 42.2 Å². The van der Waals surface area contributed by atoms with Crippen LogP contribution in [0.25, 0.3) is 22.4 Å². The highest BCUT2D eigenvalue weighted by Gasteiger charge is 2.26. The molecule has 4 rings (SSSR count). The maximum Gasteiger partial charge on any atom is 0.171 e. The van der Waals surface area contributed by atoms with Gasteiger partial charge in [-0.1, -0.05) is 32.9 Å². The number of aromatic nitrogens is 3. The van der Waals surface area contributed by atoms with Crippen molar-refractivity contribution in [1.82, 2.24) is 15.0 Å². The van der Waals surface area contributed by atoms with Gasteiger partial charge in [0.25, 0.3) is 0 Å². The number of nitrogens with zero attached hydrogens (tertiary/aromatic N) is 3. The number of aliphatic hydroxyl groups excluding tert-OH is 1. The largest absolute Gasteiger partial charge is 0.391 e. The third-order valence-electron chi connectivity index (χ3n) is 4.98. The van der Waals surface area contributed by atoms with Crippen LogP contribution in [0.3, 0.4) is 0 Å². The molecule has 0 radical (unpaired) electrons. The smallest absolute Gasteiger partial charge is 0.171 e. The minimum Gasteiger partial charge on any atom is -0.391 e. The van der Waals surface area contributed by atoms with E-state index < -0.39 is 5.41 Å². The highest BCUT2D eigenvalue weighted by Crippen LogP contribution is 2.29. The minimum absolute atomic E-state index is 0.0417. The second-order valence-electron chi connectivity index (χ2n) is 8.17. The SMILES string of the molecule is CC(C)(C)C(=O)c1c[nH]c2ncc(-c3cccc(N4CCC(O)C4)c3)nc12. The number of benzene rings is 1. The van der Waals surface area contributed by atoms with Crippen molar-refractivity contribution in [2.75, 3.05) is 18.0 Å². The molecule has 1 aliphatic rings. The third-order valence-corrected chi connectivity index (χ3v) is 4.98. The van der Waals surface area contributed by atoms with Crippen LogP contribution in [-0.2, 0) is 0 Å². The van der Waals surface area contributed by atoms with Crippen LogP contribution in [0.15, 0.2) is 36.7 Å². The molecule has 1 saturated heterocycles. The van der Waals surface area contributed by atoms with Gasteiger partial charge in [-0.25, -0.2) is 9.97 Å². The standard InChI is InChI=1S/C21H24N4O2/c1-21(2,3)19(27)16-10-22-20-18(16)24-17(11-23-20)13-5-4-6-14(9-13)25-8-7-15(26)12-25/h4-6,9-11,15,26H,7-8,12H2,1-3H3,(H,22,23). The fourth-order valence-corrected chi connectivity index (χ4v) is 3.45. The Morgan fingerprint density at radius 1 is 1.33 bits per heavy atom. The third kappa shape index (κ3) is 3.32. The molecule has 0 saturated carbocycles. The number of hydrogen-bond donors (Lipinski definition) is 2. The Hall–Kier alpha value is -2.73. The number of aromatic amines is 1. The lowest BCUT2D eigenvalue weighted by molar-refractivity contribution is 0.0860. The van der Waals surface area contributed by atoms with Gasteiger partial charge in [0.2, 0.25) is 0 Å². The second kappa shape index (κ2) is 6.46. The molecule has 1 atom stereocenters. The number of ketones is 1. The number of hydrogen-bond acceptors (Lipinski definition) is 5. The van der Waals surface area contributed by atoms with Gasteiger partial charge in [-0.2, -0.15) is 0 Å². The molecule has 0 spiro atoms. The first kappa shape index (κ1) is 17.7. The van der Waals surface area contributed by atoms with Crippen molar-refractivity contribution in [1.29, 1.82) is 0 Å². The van der Waals surface area contributed by atoms with Crippen LogP contribution in [0.1, 0.15) is 37.6 Å². The normalized spacial score (nSPS) is 17.6. The van der Waals surface area contributed by atoms with Crippen LogP contribution in [0.4, 0.5) is 5.69 Å². The molecule has 6 heteroatoms. The van der Waals surface area contributed by atoms with Crippen molar-refractivity contribution in [2.45, 2.75) is 33.3 Å². The number of fused-ring (bicyclic) bond motifs is 1. The van der Waals surface area contributed by atoms with E-state index in [1.54, 1.807) is 12.4 Å². The summed E-state index contributed by atoms with van der Waals surface area (Å²) in [4.78, 5) is 27.2. The second-order valence-corrected chi connectivity index (χ2v) is 8.17. The number of H-pyrrole nitrogens is 1. The van der Waals surface area contributed by atoms with Gasteiger partial charge in [0, 0.05) is 36.0 Å². The Bertz CT molecular complexity index is 1000. The molecule has 140 valence electrons. The summed E-state index contributed by atoms with van der Waals surface area (Å²) in [5.41, 5.74) is 4.05. The summed E-state index contributed by atoms with van der Waals surface area (Å²) in [6, 6.07) is 8.08. The average molecular weight is 364 g/mol. The lowest BCUT2D eigenvalue weighted by atomic mass is 9.87. The topological polar surface area (TPSA) is 82.1 Å². The average Bonchev–Trinajstić information content (AvgIpc) is 3.26. The van der Waals surface area contributed by atoms with E-state index in [1.165, 1.54) is 0 Å². The van der Waals surface area contributed by atoms with Crippen LogP contribution < -0.4 is 4.90 Å². The van der Waals surface area contributed by atoms with Crippen molar-refractivity contribution >= 4 is 22.6 Å². The number of carbonyl (C=O) groups is 1. The maximum atomic E-state index is 12.7. The van der Waals surface area contributed by atoms with Crippen LogP contribution in [0, 0.1) is 5.41 Å². The van der Waals surface area contributed by atoms with E-state index in [0.29, 0.717) is 23.3 Å². The van der Waals surface area contributed by atoms with Crippen LogP contribution in [0.2, 0.25) is 0 Å². The Balaban J connectivity index is 1.73. The summed E-state index contributed by atoms with van der Waals surface area (Å²) in [6.45, 7) is 7.20. The van der Waals surface area contributed by atoms with Gasteiger partial charge in [0.05, 0.1) is 23.6 Å². The fourth-order valence-electron chi connectivity index (χ4n) is 3.45. The predicted octanol–water partition coefficient (Wildman–Crippen LogP) is 3.42. The molecular formula is C21H24N4O2. The summed E-state index contributed by atoms with van der Waals surface area (Å²) in [5.74, 6) is 0.0417. The molecule has 0 amide bonds. The van der Waals surface area contributed by atoms with Crippen LogP contribution >= 0.6 is 0 Å². The zero-order chi connectivity index (χ0) is 19.2. The Kier molecular flexibility index (Phi) is 4.23. The lowest BCUT2D eigenvalue weighted by Crippen LogP contribution is -2.21. The molecule has 2 N–H and O–H groups in total. The fraction of sp³-hybridized carbons (Fsp3) is 0.381. The molecule has 0 bridgehead atoms. The molecule has 0 aliphatic carbocycles. The molecule has 3 heterocycles. The molecule has 1 unspecified atom stereocenters. The zero-order valence-corrected chi connectivity index (χ0v) is 15.9. The molecular weight excluding hydrogens is 340 g/mol. The summed E-state index contributed by atoms with van der Waals surface area (Å²) >= 11 is 0. The maximum absolute atomic E-state index is 12.7. The molecule has 1 aromatic carbocycles. The van der Waals surface area contributed by atoms with Gasteiger partial charge in [-0.3, -0.25) is 4.79 Å². The number of nitrogens with one attached hydrogen (secondary N) is 1. The number of carbonyl (C=O) groups excluding carboxylic acids is 1. The molecule has 2 aromatic heterocycles. The van der Waals surface area contributed by atoms with Crippen molar-refractivity contribution in [3.63, 3.8) is 0 Å². The predicted molar refractivity (Wildman–Crippen MR) is 106 cm³/mol. The quantitative estimate of drug-likeness (QED) is 0.696. The first-order valence-electron chi connectivity index (χ1n) is 9.25. The van der Waals surface area contributed by atoms with E-state index in [2.05, 4.69) is 20.9 Å². The number of rotatable bonds is 3. The van der Waals surface area contributed by atoms with E-state index in [9.17, 15) is 9.90 Å². The van der Waals surface area contributed by atoms with Crippen molar-refractivity contribution in [3.8, 4) is 11.3 Å². The highest BCUT2D eigenvalue weighted by atomic mass is 16.3. The molecule has 6 nitrogen and oxygen atoms in total. The van der Waals surface area contributed by atoms with E-state index >= 15 is 0 Å². The van der Waals surface area contributed by atoms with E-state index in [4.69, 9.17) is 4.98 Å². The Labute approximate surface area is 158 Å². The van der Waals surface area contributed by atoms with Crippen molar-refractivity contribution in [2.24, 2.45) is 5.41 Å². The molecule has 3 aromatic rings. The summed E-state index contributed by atoms with van der Waals surface area (Å²) in [5, 5.41) is 9.79. The van der Waals surface area contributed by atoms with Gasteiger partial charge >= 0.3 is 0 Å². The minimum atomic E-state index is -0.483. The van der Waals surface area contributed by atoms with E-state index in [-0.39, 0.29) is 11.9 Å². The first-order chi connectivity index (χ1) is 12.8. The molecule has 1 aliphatic heterocycles. The molecule has 27 heavy (non-hydrogen) atoms. The number of β-amino-alcohol motifs (C(OH)–C–C–N with tert-alkyl or cyclic N) is 1. The highest BCUT2D eigenvalue weighted by molar-refractivity contribution is 6.08. The van der Waals surface area contributed by atoms with Crippen LogP contribution in [0.5, 0.6) is 0 Å². The zero-order valence-electron chi connectivity index (χ0n) is 15.9. The lowest BCUT2D eigenvalue weighted by Gasteiger charge is -2.18. The van der Waals surface area contributed by atoms with Gasteiger partial charge in [0.1, 0.15) is 5.52 Å². The van der Waals surface area contributed by atoms with Gasteiger partial charge in [-0.15, -0.1) is 0 Å². The van der Waals surface area contributed by atoms with E-state index in [0.717, 1.165) is 29.9 Å². The summed E-state index contributed by atoms with van der Waals surface area (Å²) in [7, 11) is 0. The number of Topliss-reactive ketones (excluding diaryl/α,β-unsaturated/α-hetero) is 1. The summed E-state index contributed by atoms with van der Waals surface area (Å²) < 4.78 is 0. The number of anilines is 1. The first-order valence-corrected chi connectivity index (χ1v) is 9.25. The number of aliphatic hydroxyl groups is 1. The van der Waals surface area contributed by atoms with Crippen LogP contribution in [-0.4, -0.2) is 45.0 Å². The van der Waals surface area contributed by atoms with E-state index in [1.807, 2.05) is 39.0 Å².